The van der Waals surface area contributed by atoms with Crippen molar-refractivity contribution in [1.82, 2.24) is 19.5 Å². The predicted molar refractivity (Wildman–Crippen MR) is 116 cm³/mol. The summed E-state index contributed by atoms with van der Waals surface area (Å²) in [6.45, 7) is 0.676. The van der Waals surface area contributed by atoms with Crippen molar-refractivity contribution in [3.05, 3.63) is 83.4 Å². The van der Waals surface area contributed by atoms with Crippen LogP contribution < -0.4 is 0 Å². The average Bonchev–Trinajstić information content (AvgIpc) is 3.16. The molecule has 0 amide bonds. The second-order valence-corrected chi connectivity index (χ2v) is 7.82. The maximum absolute atomic E-state index is 6.08. The molecule has 142 valence electrons. The predicted octanol–water partition coefficient (Wildman–Crippen LogP) is 5.64. The van der Waals surface area contributed by atoms with Crippen molar-refractivity contribution in [3.8, 4) is 0 Å². The molecule has 0 aliphatic heterocycles. The molecule has 0 aliphatic carbocycles. The normalized spacial score (nSPS) is 11.2. The van der Waals surface area contributed by atoms with E-state index in [1.54, 1.807) is 18.1 Å². The van der Waals surface area contributed by atoms with Gasteiger partial charge in [-0.3, -0.25) is 0 Å². The van der Waals surface area contributed by atoms with E-state index in [0.29, 0.717) is 18.3 Å². The van der Waals surface area contributed by atoms with Crippen molar-refractivity contribution in [1.29, 1.82) is 0 Å². The lowest BCUT2D eigenvalue weighted by molar-refractivity contribution is 0.806. The van der Waals surface area contributed by atoms with Gasteiger partial charge in [-0.2, -0.15) is 0 Å². The molecule has 0 aliphatic rings. The van der Waals surface area contributed by atoms with Crippen molar-refractivity contribution in [2.45, 2.75) is 29.1 Å². The van der Waals surface area contributed by atoms with Crippen LogP contribution in [0.2, 0.25) is 0 Å². The average molecular weight is 429 g/mol. The van der Waals surface area contributed by atoms with Crippen molar-refractivity contribution in [3.63, 3.8) is 0 Å². The first kappa shape index (κ1) is 19.2. The molecule has 4 aromatic rings. The molecule has 4 nitrogen and oxygen atoms in total. The van der Waals surface area contributed by atoms with E-state index in [0.717, 1.165) is 33.1 Å². The van der Waals surface area contributed by atoms with Crippen LogP contribution in [-0.2, 0) is 24.1 Å². The Morgan fingerprint density at radius 2 is 1.43 bits per heavy atom. The molecular formula is C21H18Cl2N4S. The van der Waals surface area contributed by atoms with Crippen molar-refractivity contribution < 1.29 is 0 Å². The molecule has 0 radical (unpaired) electrons. The monoisotopic (exact) mass is 428 g/mol. The summed E-state index contributed by atoms with van der Waals surface area (Å²) in [5.74, 6) is 1.78. The summed E-state index contributed by atoms with van der Waals surface area (Å²) in [4.78, 5) is 13.5. The van der Waals surface area contributed by atoms with Gasteiger partial charge in [-0.25, -0.2) is 15.0 Å². The third kappa shape index (κ3) is 4.02. The Morgan fingerprint density at radius 1 is 0.786 bits per heavy atom. The molecule has 4 rings (SSSR count). The Hall–Kier alpha value is -2.08. The minimum absolute atomic E-state index is 0.485. The molecule has 0 spiro atoms. The van der Waals surface area contributed by atoms with Gasteiger partial charge in [0.05, 0.1) is 12.9 Å². The molecular weight excluding hydrogens is 411 g/mol. The SMILES string of the molecule is ClCc1ccccc1CSc1ncnc2c1ncn2Cc1ccccc1CCl. The van der Waals surface area contributed by atoms with Crippen LogP contribution in [-0.4, -0.2) is 19.5 Å². The molecule has 2 heterocycles. The molecule has 0 unspecified atom stereocenters. The van der Waals surface area contributed by atoms with Gasteiger partial charge in [-0.05, 0) is 22.3 Å². The fourth-order valence-electron chi connectivity index (χ4n) is 3.08. The molecule has 0 N–H and O–H groups in total. The number of nitrogens with zero attached hydrogens (tertiary/aromatic N) is 4. The third-order valence-corrected chi connectivity index (χ3v) is 6.20. The van der Waals surface area contributed by atoms with Gasteiger partial charge in [0.25, 0.3) is 0 Å². The van der Waals surface area contributed by atoms with Gasteiger partial charge < -0.3 is 4.57 Å². The summed E-state index contributed by atoms with van der Waals surface area (Å²) < 4.78 is 2.04. The molecule has 0 atom stereocenters. The molecule has 28 heavy (non-hydrogen) atoms. The lowest BCUT2D eigenvalue weighted by Crippen LogP contribution is -2.02. The van der Waals surface area contributed by atoms with Crippen LogP contribution in [0, 0.1) is 0 Å². The van der Waals surface area contributed by atoms with Gasteiger partial charge in [0.2, 0.25) is 0 Å². The number of hydrogen-bond acceptors (Lipinski definition) is 4. The first-order chi connectivity index (χ1) is 13.8. The number of imidazole rings is 1. The third-order valence-electron chi connectivity index (χ3n) is 4.60. The van der Waals surface area contributed by atoms with Gasteiger partial charge in [-0.1, -0.05) is 60.3 Å². The van der Waals surface area contributed by atoms with Crippen molar-refractivity contribution in [2.75, 3.05) is 0 Å². The number of rotatable bonds is 7. The zero-order valence-corrected chi connectivity index (χ0v) is 17.4. The quantitative estimate of drug-likeness (QED) is 0.217. The summed E-state index contributed by atoms with van der Waals surface area (Å²) in [6, 6.07) is 16.4. The van der Waals surface area contributed by atoms with Crippen LogP contribution >= 0.6 is 35.0 Å². The highest BCUT2D eigenvalue weighted by Gasteiger charge is 2.13. The second-order valence-electron chi connectivity index (χ2n) is 6.32. The zero-order valence-electron chi connectivity index (χ0n) is 15.1. The van der Waals surface area contributed by atoms with Crippen LogP contribution in [0.1, 0.15) is 22.3 Å². The van der Waals surface area contributed by atoms with E-state index in [9.17, 15) is 0 Å². The number of fused-ring (bicyclic) bond motifs is 1. The number of aromatic nitrogens is 4. The van der Waals surface area contributed by atoms with Crippen molar-refractivity contribution >= 4 is 46.1 Å². The maximum Gasteiger partial charge on any atom is 0.164 e. The van der Waals surface area contributed by atoms with E-state index >= 15 is 0 Å². The van der Waals surface area contributed by atoms with Crippen LogP contribution in [0.3, 0.4) is 0 Å². The molecule has 7 heteroatoms. The first-order valence-electron chi connectivity index (χ1n) is 8.84. The highest BCUT2D eigenvalue weighted by molar-refractivity contribution is 7.98. The molecule has 0 saturated carbocycles. The lowest BCUT2D eigenvalue weighted by atomic mass is 10.1. The fraction of sp³-hybridized carbons (Fsp3) is 0.190. The minimum atomic E-state index is 0.485. The van der Waals surface area contributed by atoms with E-state index in [1.165, 1.54) is 11.1 Å². The lowest BCUT2D eigenvalue weighted by Gasteiger charge is -2.09. The standard InChI is InChI=1S/C21H18Cl2N4S/c22-9-15-5-1-3-7-17(15)11-27-14-26-19-20(27)24-13-25-21(19)28-12-18-8-4-2-6-16(18)10-23/h1-8,13-14H,9-12H2. The van der Waals surface area contributed by atoms with Gasteiger partial charge in [-0.15, -0.1) is 23.2 Å². The maximum atomic E-state index is 6.08. The Kier molecular flexibility index (Phi) is 6.15. The second kappa shape index (κ2) is 8.95. The van der Waals surface area contributed by atoms with Gasteiger partial charge in [0.15, 0.2) is 5.65 Å². The van der Waals surface area contributed by atoms with E-state index in [2.05, 4.69) is 33.2 Å². The number of halogens is 2. The number of benzene rings is 2. The molecule has 2 aromatic carbocycles. The van der Waals surface area contributed by atoms with E-state index in [1.807, 2.05) is 41.2 Å². The van der Waals surface area contributed by atoms with Crippen LogP contribution in [0.25, 0.3) is 11.2 Å². The smallest absolute Gasteiger partial charge is 0.164 e. The number of alkyl halides is 2. The van der Waals surface area contributed by atoms with Crippen LogP contribution in [0.5, 0.6) is 0 Å². The Labute approximate surface area is 177 Å². The largest absolute Gasteiger partial charge is 0.311 e. The minimum Gasteiger partial charge on any atom is -0.311 e. The Bertz CT molecular complexity index is 1100. The first-order valence-corrected chi connectivity index (χ1v) is 10.9. The summed E-state index contributed by atoms with van der Waals surface area (Å²) in [6.07, 6.45) is 3.42. The van der Waals surface area contributed by atoms with Gasteiger partial charge in [0, 0.05) is 17.5 Å². The molecule has 0 bridgehead atoms. The molecule has 0 saturated heterocycles. The Morgan fingerprint density at radius 3 is 2.14 bits per heavy atom. The fourth-order valence-corrected chi connectivity index (χ4v) is 4.58. The highest BCUT2D eigenvalue weighted by atomic mass is 35.5. The van der Waals surface area contributed by atoms with E-state index < -0.39 is 0 Å². The summed E-state index contributed by atoms with van der Waals surface area (Å²) in [5.41, 5.74) is 6.29. The van der Waals surface area contributed by atoms with Gasteiger partial charge >= 0.3 is 0 Å². The summed E-state index contributed by atoms with van der Waals surface area (Å²) in [7, 11) is 0. The van der Waals surface area contributed by atoms with Gasteiger partial charge in [0.1, 0.15) is 16.9 Å². The van der Waals surface area contributed by atoms with Crippen LogP contribution in [0.4, 0.5) is 0 Å². The summed E-state index contributed by atoms with van der Waals surface area (Å²) >= 11 is 13.8. The number of hydrogen-bond donors (Lipinski definition) is 0. The summed E-state index contributed by atoms with van der Waals surface area (Å²) in [5, 5.41) is 0.874. The van der Waals surface area contributed by atoms with Crippen molar-refractivity contribution in [2.24, 2.45) is 0 Å². The Balaban J connectivity index is 1.60. The van der Waals surface area contributed by atoms with Crippen LogP contribution in [0.15, 0.2) is 66.2 Å². The van der Waals surface area contributed by atoms with E-state index in [4.69, 9.17) is 23.2 Å². The topological polar surface area (TPSA) is 43.6 Å². The molecule has 2 aromatic heterocycles. The van der Waals surface area contributed by atoms with E-state index in [-0.39, 0.29) is 0 Å². The highest BCUT2D eigenvalue weighted by Crippen LogP contribution is 2.28. The number of thioether (sulfide) groups is 1. The molecule has 0 fully saturated rings. The zero-order chi connectivity index (χ0) is 19.3.